The molecular formula is C28H31NO4. The molecule has 0 unspecified atom stereocenters. The first kappa shape index (κ1) is 23.0. The Balaban J connectivity index is 1.57. The minimum absolute atomic E-state index is 0.00279. The molecule has 172 valence electrons. The first-order valence-corrected chi connectivity index (χ1v) is 11.4. The summed E-state index contributed by atoms with van der Waals surface area (Å²) in [7, 11) is 0. The second-order valence-corrected chi connectivity index (χ2v) is 8.54. The average molecular weight is 446 g/mol. The van der Waals surface area contributed by atoms with Crippen molar-refractivity contribution in [3.05, 3.63) is 77.4 Å². The van der Waals surface area contributed by atoms with Gasteiger partial charge in [0.15, 0.2) is 18.4 Å². The van der Waals surface area contributed by atoms with Gasteiger partial charge in [0, 0.05) is 46.1 Å². The van der Waals surface area contributed by atoms with Crippen LogP contribution in [0, 0.1) is 6.92 Å². The summed E-state index contributed by atoms with van der Waals surface area (Å²) in [5, 5.41) is 2.27. The van der Waals surface area contributed by atoms with E-state index in [4.69, 9.17) is 14.2 Å². The van der Waals surface area contributed by atoms with E-state index in [9.17, 15) is 4.79 Å². The van der Waals surface area contributed by atoms with Gasteiger partial charge in [-0.25, -0.2) is 0 Å². The van der Waals surface area contributed by atoms with Crippen LogP contribution in [0.15, 0.2) is 60.7 Å². The largest absolute Gasteiger partial charge is 0.467 e. The Bertz CT molecular complexity index is 1300. The topological polar surface area (TPSA) is 49.7 Å². The zero-order valence-electron chi connectivity index (χ0n) is 20.0. The molecule has 1 heterocycles. The Morgan fingerprint density at radius 3 is 2.39 bits per heavy atom. The van der Waals surface area contributed by atoms with Crippen molar-refractivity contribution in [2.24, 2.45) is 0 Å². The van der Waals surface area contributed by atoms with Crippen molar-refractivity contribution in [1.29, 1.82) is 0 Å². The summed E-state index contributed by atoms with van der Waals surface area (Å²) in [6, 6.07) is 19.8. The van der Waals surface area contributed by atoms with Crippen molar-refractivity contribution >= 4 is 27.6 Å². The molecule has 0 amide bonds. The fourth-order valence-corrected chi connectivity index (χ4v) is 4.30. The summed E-state index contributed by atoms with van der Waals surface area (Å²) in [4.78, 5) is 13.4. The van der Waals surface area contributed by atoms with Gasteiger partial charge in [0.25, 0.3) is 0 Å². The van der Waals surface area contributed by atoms with E-state index < -0.39 is 5.79 Å². The van der Waals surface area contributed by atoms with Crippen LogP contribution in [0.1, 0.15) is 49.2 Å². The van der Waals surface area contributed by atoms with Crippen molar-refractivity contribution in [3.63, 3.8) is 0 Å². The molecule has 5 heteroatoms. The van der Waals surface area contributed by atoms with Gasteiger partial charge in [0.1, 0.15) is 5.75 Å². The fraction of sp³-hybridized carbons (Fsp3) is 0.321. The number of aromatic nitrogens is 1. The van der Waals surface area contributed by atoms with E-state index in [1.54, 1.807) is 6.07 Å². The van der Waals surface area contributed by atoms with Gasteiger partial charge in [0.2, 0.25) is 0 Å². The van der Waals surface area contributed by atoms with E-state index in [0.29, 0.717) is 23.5 Å². The van der Waals surface area contributed by atoms with Crippen molar-refractivity contribution in [1.82, 2.24) is 4.57 Å². The highest BCUT2D eigenvalue weighted by molar-refractivity contribution is 6.15. The quantitative estimate of drug-likeness (QED) is 0.219. The van der Waals surface area contributed by atoms with E-state index >= 15 is 0 Å². The molecule has 0 bridgehead atoms. The molecule has 3 aromatic carbocycles. The monoisotopic (exact) mass is 445 g/mol. The number of ketones is 1. The van der Waals surface area contributed by atoms with Gasteiger partial charge in [-0.15, -0.1) is 0 Å². The zero-order chi connectivity index (χ0) is 23.6. The van der Waals surface area contributed by atoms with E-state index in [1.165, 1.54) is 10.9 Å². The summed E-state index contributed by atoms with van der Waals surface area (Å²) in [6.45, 7) is 11.2. The van der Waals surface area contributed by atoms with Crippen LogP contribution in [0.2, 0.25) is 0 Å². The smallest absolute Gasteiger partial charge is 0.193 e. The third kappa shape index (κ3) is 4.65. The first-order valence-electron chi connectivity index (χ1n) is 11.4. The van der Waals surface area contributed by atoms with Crippen LogP contribution in [-0.4, -0.2) is 29.5 Å². The number of para-hydroxylation sites is 1. The average Bonchev–Trinajstić information content (AvgIpc) is 3.11. The van der Waals surface area contributed by atoms with Crippen LogP contribution in [0.5, 0.6) is 5.75 Å². The van der Waals surface area contributed by atoms with E-state index in [2.05, 4.69) is 35.8 Å². The number of carbonyl (C=O) groups excluding carboxylic acids is 1. The highest BCUT2D eigenvalue weighted by Crippen LogP contribution is 2.31. The van der Waals surface area contributed by atoms with E-state index in [-0.39, 0.29) is 12.6 Å². The van der Waals surface area contributed by atoms with Gasteiger partial charge in [-0.1, -0.05) is 18.2 Å². The highest BCUT2D eigenvalue weighted by atomic mass is 16.8. The maximum absolute atomic E-state index is 13.4. The standard InChI is InChI=1S/C28H31NO4/c1-6-29-25-11-9-8-10-23(25)24-17-20(12-15-26(24)29)27(30)22-14-13-21(16-19(22)3)31-18-33-28(4,5)32-7-2/h8-17H,6-7,18H2,1-5H3. The Kier molecular flexibility index (Phi) is 6.54. The van der Waals surface area contributed by atoms with E-state index in [1.807, 2.05) is 58.0 Å². The molecule has 0 spiro atoms. The predicted octanol–water partition coefficient (Wildman–Crippen LogP) is 6.48. The number of aryl methyl sites for hydroxylation is 2. The summed E-state index contributed by atoms with van der Waals surface area (Å²) in [5.41, 5.74) is 4.53. The van der Waals surface area contributed by atoms with Gasteiger partial charge >= 0.3 is 0 Å². The van der Waals surface area contributed by atoms with Crippen LogP contribution in [0.3, 0.4) is 0 Å². The minimum Gasteiger partial charge on any atom is -0.467 e. The molecule has 5 nitrogen and oxygen atoms in total. The van der Waals surface area contributed by atoms with Crippen molar-refractivity contribution < 1.29 is 19.0 Å². The van der Waals surface area contributed by atoms with Crippen LogP contribution >= 0.6 is 0 Å². The van der Waals surface area contributed by atoms with Crippen LogP contribution in [-0.2, 0) is 16.0 Å². The molecule has 0 saturated heterocycles. The molecule has 33 heavy (non-hydrogen) atoms. The normalized spacial score (nSPS) is 11.9. The Labute approximate surface area is 194 Å². The Hall–Kier alpha value is -3.15. The van der Waals surface area contributed by atoms with Gasteiger partial charge in [-0.05, 0) is 82.6 Å². The summed E-state index contributed by atoms with van der Waals surface area (Å²) < 4.78 is 19.1. The Morgan fingerprint density at radius 2 is 1.67 bits per heavy atom. The third-order valence-electron chi connectivity index (χ3n) is 5.92. The third-order valence-corrected chi connectivity index (χ3v) is 5.92. The number of hydrogen-bond acceptors (Lipinski definition) is 4. The number of fused-ring (bicyclic) bond motifs is 3. The second-order valence-electron chi connectivity index (χ2n) is 8.54. The zero-order valence-corrected chi connectivity index (χ0v) is 20.0. The van der Waals surface area contributed by atoms with Crippen molar-refractivity contribution in [3.8, 4) is 5.75 Å². The molecule has 0 radical (unpaired) electrons. The van der Waals surface area contributed by atoms with Crippen LogP contribution in [0.25, 0.3) is 21.8 Å². The molecule has 0 aliphatic rings. The fourth-order valence-electron chi connectivity index (χ4n) is 4.30. The minimum atomic E-state index is -0.709. The van der Waals surface area contributed by atoms with Gasteiger partial charge in [0.05, 0.1) is 0 Å². The number of rotatable bonds is 9. The lowest BCUT2D eigenvalue weighted by molar-refractivity contribution is -0.236. The molecule has 0 fully saturated rings. The molecular weight excluding hydrogens is 414 g/mol. The molecule has 0 N–H and O–H groups in total. The molecule has 0 saturated carbocycles. The summed E-state index contributed by atoms with van der Waals surface area (Å²) >= 11 is 0. The number of benzene rings is 3. The number of nitrogens with zero attached hydrogens (tertiary/aromatic N) is 1. The molecule has 4 rings (SSSR count). The lowest BCUT2D eigenvalue weighted by Crippen LogP contribution is -2.30. The lowest BCUT2D eigenvalue weighted by atomic mass is 9.97. The maximum Gasteiger partial charge on any atom is 0.193 e. The molecule has 0 atom stereocenters. The molecule has 0 aliphatic carbocycles. The lowest BCUT2D eigenvalue weighted by Gasteiger charge is -2.24. The second kappa shape index (κ2) is 9.38. The highest BCUT2D eigenvalue weighted by Gasteiger charge is 2.19. The first-order chi connectivity index (χ1) is 15.8. The van der Waals surface area contributed by atoms with Crippen LogP contribution < -0.4 is 4.74 Å². The van der Waals surface area contributed by atoms with Gasteiger partial charge in [-0.2, -0.15) is 0 Å². The van der Waals surface area contributed by atoms with Gasteiger partial charge < -0.3 is 18.8 Å². The molecule has 1 aromatic heterocycles. The number of hydrogen-bond donors (Lipinski definition) is 0. The van der Waals surface area contributed by atoms with Gasteiger partial charge in [-0.3, -0.25) is 4.79 Å². The summed E-state index contributed by atoms with van der Waals surface area (Å²) in [6.07, 6.45) is 0. The van der Waals surface area contributed by atoms with E-state index in [0.717, 1.165) is 23.0 Å². The summed E-state index contributed by atoms with van der Waals surface area (Å²) in [5.74, 6) is -0.0555. The molecule has 4 aromatic rings. The predicted molar refractivity (Wildman–Crippen MR) is 132 cm³/mol. The number of ether oxygens (including phenoxy) is 3. The number of carbonyl (C=O) groups is 1. The van der Waals surface area contributed by atoms with Crippen molar-refractivity contribution in [2.75, 3.05) is 13.4 Å². The SMILES string of the molecule is CCOC(C)(C)OCOc1ccc(C(=O)c2ccc3c(c2)c2ccccc2n3CC)c(C)c1. The van der Waals surface area contributed by atoms with Crippen molar-refractivity contribution in [2.45, 2.75) is 47.0 Å². The Morgan fingerprint density at radius 1 is 0.909 bits per heavy atom. The van der Waals surface area contributed by atoms with Crippen LogP contribution in [0.4, 0.5) is 0 Å². The molecule has 0 aliphatic heterocycles. The maximum atomic E-state index is 13.4.